The Morgan fingerprint density at radius 1 is 1.25 bits per heavy atom. The third kappa shape index (κ3) is 4.20. The molecule has 1 aromatic heterocycles. The van der Waals surface area contributed by atoms with E-state index < -0.39 is 15.8 Å². The van der Waals surface area contributed by atoms with Crippen molar-refractivity contribution in [3.63, 3.8) is 0 Å². The normalized spacial score (nSPS) is 17.7. The van der Waals surface area contributed by atoms with Gasteiger partial charge in [-0.15, -0.1) is 11.3 Å². The second kappa shape index (κ2) is 7.71. The first-order valence-corrected chi connectivity index (χ1v) is 10.0. The fourth-order valence-electron chi connectivity index (χ4n) is 2.69. The maximum Gasteiger partial charge on any atom is 0.240 e. The summed E-state index contributed by atoms with van der Waals surface area (Å²) in [4.78, 5) is 3.25. The van der Waals surface area contributed by atoms with Crippen LogP contribution in [0.4, 0.5) is 4.39 Å². The molecule has 1 unspecified atom stereocenters. The van der Waals surface area contributed by atoms with Crippen LogP contribution in [0.25, 0.3) is 0 Å². The quantitative estimate of drug-likeness (QED) is 0.847. The summed E-state index contributed by atoms with van der Waals surface area (Å²) < 4.78 is 46.1. The molecule has 2 aromatic rings. The van der Waals surface area contributed by atoms with E-state index in [1.54, 1.807) is 11.3 Å². The van der Waals surface area contributed by atoms with Gasteiger partial charge in [0.05, 0.1) is 24.2 Å². The molecule has 0 radical (unpaired) electrons. The van der Waals surface area contributed by atoms with Crippen LogP contribution in [0.15, 0.2) is 46.7 Å². The van der Waals surface area contributed by atoms with Crippen molar-refractivity contribution in [3.8, 4) is 0 Å². The molecular weight excluding hydrogens is 351 g/mol. The van der Waals surface area contributed by atoms with Crippen molar-refractivity contribution in [2.45, 2.75) is 10.9 Å². The summed E-state index contributed by atoms with van der Waals surface area (Å²) in [5.41, 5.74) is 0. The highest BCUT2D eigenvalue weighted by Gasteiger charge is 2.25. The van der Waals surface area contributed by atoms with Crippen molar-refractivity contribution in [2.24, 2.45) is 0 Å². The Hall–Kier alpha value is -1.32. The predicted molar refractivity (Wildman–Crippen MR) is 91.0 cm³/mol. The second-order valence-electron chi connectivity index (χ2n) is 5.49. The SMILES string of the molecule is O=S(=O)(NCC(c1cccs1)N1CCOCC1)c1cccc(F)c1. The highest BCUT2D eigenvalue weighted by Crippen LogP contribution is 2.26. The van der Waals surface area contributed by atoms with Crippen LogP contribution in [0.3, 0.4) is 0 Å². The van der Waals surface area contributed by atoms with Crippen LogP contribution in [0.5, 0.6) is 0 Å². The minimum atomic E-state index is -3.75. The van der Waals surface area contributed by atoms with Gasteiger partial charge in [-0.1, -0.05) is 12.1 Å². The summed E-state index contributed by atoms with van der Waals surface area (Å²) in [5.74, 6) is -0.569. The van der Waals surface area contributed by atoms with Gasteiger partial charge in [0.25, 0.3) is 0 Å². The van der Waals surface area contributed by atoms with Gasteiger partial charge < -0.3 is 4.74 Å². The molecule has 1 N–H and O–H groups in total. The molecular formula is C16H19FN2O3S2. The molecule has 0 amide bonds. The number of nitrogens with zero attached hydrogens (tertiary/aromatic N) is 1. The minimum absolute atomic E-state index is 0.0581. The number of nitrogens with one attached hydrogen (secondary N) is 1. The lowest BCUT2D eigenvalue weighted by atomic mass is 10.2. The largest absolute Gasteiger partial charge is 0.379 e. The fraction of sp³-hybridized carbons (Fsp3) is 0.375. The van der Waals surface area contributed by atoms with Gasteiger partial charge in [-0.25, -0.2) is 17.5 Å². The van der Waals surface area contributed by atoms with Crippen LogP contribution in [-0.4, -0.2) is 46.2 Å². The Kier molecular flexibility index (Phi) is 5.62. The maximum absolute atomic E-state index is 13.3. The molecule has 3 rings (SSSR count). The summed E-state index contributed by atoms with van der Waals surface area (Å²) in [5, 5.41) is 1.98. The van der Waals surface area contributed by atoms with Gasteiger partial charge in [-0.3, -0.25) is 4.90 Å². The smallest absolute Gasteiger partial charge is 0.240 e. The zero-order valence-corrected chi connectivity index (χ0v) is 14.7. The average molecular weight is 370 g/mol. The molecule has 2 heterocycles. The summed E-state index contributed by atoms with van der Waals surface area (Å²) in [7, 11) is -3.75. The van der Waals surface area contributed by atoms with E-state index in [-0.39, 0.29) is 17.5 Å². The molecule has 1 saturated heterocycles. The van der Waals surface area contributed by atoms with Crippen LogP contribution in [0.1, 0.15) is 10.9 Å². The highest BCUT2D eigenvalue weighted by atomic mass is 32.2. The monoisotopic (exact) mass is 370 g/mol. The van der Waals surface area contributed by atoms with Crippen LogP contribution in [0.2, 0.25) is 0 Å². The van der Waals surface area contributed by atoms with Gasteiger partial charge in [-0.05, 0) is 29.6 Å². The first kappa shape index (κ1) is 17.5. The van der Waals surface area contributed by atoms with E-state index in [2.05, 4.69) is 9.62 Å². The van der Waals surface area contributed by atoms with E-state index >= 15 is 0 Å². The van der Waals surface area contributed by atoms with E-state index in [1.807, 2.05) is 17.5 Å². The van der Waals surface area contributed by atoms with Crippen LogP contribution in [-0.2, 0) is 14.8 Å². The number of morpholine rings is 1. The lowest BCUT2D eigenvalue weighted by Gasteiger charge is -2.34. The van der Waals surface area contributed by atoms with Gasteiger partial charge in [0.1, 0.15) is 5.82 Å². The van der Waals surface area contributed by atoms with Crippen molar-refractivity contribution in [2.75, 3.05) is 32.8 Å². The molecule has 5 nitrogen and oxygen atoms in total. The topological polar surface area (TPSA) is 58.6 Å². The van der Waals surface area contributed by atoms with Crippen molar-refractivity contribution < 1.29 is 17.5 Å². The van der Waals surface area contributed by atoms with Crippen molar-refractivity contribution in [1.29, 1.82) is 0 Å². The summed E-state index contributed by atoms with van der Waals surface area (Å²) >= 11 is 1.60. The third-order valence-corrected chi connectivity index (χ3v) is 6.33. The standard InChI is InChI=1S/C16H19FN2O3S2/c17-13-3-1-4-14(11-13)24(20,21)18-12-15(16-5-2-10-23-16)19-6-8-22-9-7-19/h1-5,10-11,15,18H,6-9,12H2. The number of thiophene rings is 1. The average Bonchev–Trinajstić information content (AvgIpc) is 3.10. The zero-order chi connectivity index (χ0) is 17.0. The van der Waals surface area contributed by atoms with Gasteiger partial charge in [-0.2, -0.15) is 0 Å². The van der Waals surface area contributed by atoms with E-state index in [0.717, 1.165) is 24.0 Å². The third-order valence-electron chi connectivity index (χ3n) is 3.93. The molecule has 1 fully saturated rings. The van der Waals surface area contributed by atoms with Gasteiger partial charge >= 0.3 is 0 Å². The molecule has 1 aromatic carbocycles. The Bertz CT molecular complexity index is 759. The van der Waals surface area contributed by atoms with Gasteiger partial charge in [0, 0.05) is 24.5 Å². The van der Waals surface area contributed by atoms with Crippen molar-refractivity contribution in [3.05, 3.63) is 52.5 Å². The van der Waals surface area contributed by atoms with Gasteiger partial charge in [0.2, 0.25) is 10.0 Å². The maximum atomic E-state index is 13.3. The molecule has 8 heteroatoms. The number of hydrogen-bond donors (Lipinski definition) is 1. The molecule has 0 bridgehead atoms. The molecule has 1 aliphatic heterocycles. The first-order valence-electron chi connectivity index (χ1n) is 7.67. The zero-order valence-electron chi connectivity index (χ0n) is 13.0. The predicted octanol–water partition coefficient (Wildman–Crippen LogP) is 2.24. The van der Waals surface area contributed by atoms with E-state index in [0.29, 0.717) is 13.2 Å². The lowest BCUT2D eigenvalue weighted by molar-refractivity contribution is 0.0179. The van der Waals surface area contributed by atoms with E-state index in [4.69, 9.17) is 4.74 Å². The van der Waals surface area contributed by atoms with Crippen molar-refractivity contribution >= 4 is 21.4 Å². The van der Waals surface area contributed by atoms with Crippen LogP contribution >= 0.6 is 11.3 Å². The minimum Gasteiger partial charge on any atom is -0.379 e. The summed E-state index contributed by atoms with van der Waals surface area (Å²) in [6.07, 6.45) is 0. The molecule has 0 aliphatic carbocycles. The van der Waals surface area contributed by atoms with E-state index in [9.17, 15) is 12.8 Å². The first-order chi connectivity index (χ1) is 11.6. The molecule has 0 saturated carbocycles. The number of ether oxygens (including phenoxy) is 1. The number of halogens is 1. The number of rotatable bonds is 6. The molecule has 0 spiro atoms. The number of hydrogen-bond acceptors (Lipinski definition) is 5. The fourth-order valence-corrected chi connectivity index (χ4v) is 4.62. The van der Waals surface area contributed by atoms with Crippen LogP contribution in [0, 0.1) is 5.82 Å². The Morgan fingerprint density at radius 3 is 2.71 bits per heavy atom. The Balaban J connectivity index is 1.75. The Labute approximate surface area is 145 Å². The molecule has 1 atom stereocenters. The summed E-state index contributed by atoms with van der Waals surface area (Å²) in [6, 6.07) is 8.93. The van der Waals surface area contributed by atoms with Crippen LogP contribution < -0.4 is 4.72 Å². The number of benzene rings is 1. The molecule has 1 aliphatic rings. The van der Waals surface area contributed by atoms with Gasteiger partial charge in [0.15, 0.2) is 0 Å². The second-order valence-corrected chi connectivity index (χ2v) is 8.24. The van der Waals surface area contributed by atoms with Crippen molar-refractivity contribution in [1.82, 2.24) is 9.62 Å². The summed E-state index contributed by atoms with van der Waals surface area (Å²) in [6.45, 7) is 3.02. The Morgan fingerprint density at radius 2 is 2.04 bits per heavy atom. The molecule has 130 valence electrons. The lowest BCUT2D eigenvalue weighted by Crippen LogP contribution is -2.43. The van der Waals surface area contributed by atoms with E-state index in [1.165, 1.54) is 18.2 Å². The number of sulfonamides is 1. The highest BCUT2D eigenvalue weighted by molar-refractivity contribution is 7.89. The molecule has 24 heavy (non-hydrogen) atoms.